The quantitative estimate of drug-likeness (QED) is 0.135. The molecule has 0 radical (unpaired) electrons. The largest absolute Gasteiger partial charge is 0.489 e. The van der Waals surface area contributed by atoms with Gasteiger partial charge in [0.1, 0.15) is 59.9 Å². The van der Waals surface area contributed by atoms with Gasteiger partial charge in [-0.3, -0.25) is 0 Å². The number of ether oxygens (including phenoxy) is 2. The summed E-state index contributed by atoms with van der Waals surface area (Å²) in [6.07, 6.45) is 2.95. The van der Waals surface area contributed by atoms with E-state index < -0.39 is 0 Å². The predicted octanol–water partition coefficient (Wildman–Crippen LogP) is 12.6. The van der Waals surface area contributed by atoms with Gasteiger partial charge < -0.3 is 20.9 Å². The zero-order valence-corrected chi connectivity index (χ0v) is 39.3. The summed E-state index contributed by atoms with van der Waals surface area (Å²) in [4.78, 5) is 17.3. The molecular formula is C55H56N10O2. The summed E-state index contributed by atoms with van der Waals surface area (Å²) in [6.45, 7) is 17.6. The number of rotatable bonds is 10. The van der Waals surface area contributed by atoms with Crippen LogP contribution >= 0.6 is 0 Å². The third-order valence-corrected chi connectivity index (χ3v) is 12.0. The van der Waals surface area contributed by atoms with Crippen molar-refractivity contribution in [2.24, 2.45) is 0 Å². The molecule has 12 nitrogen and oxygen atoms in total. The van der Waals surface area contributed by atoms with E-state index in [4.69, 9.17) is 31.1 Å². The van der Waals surface area contributed by atoms with Crippen molar-refractivity contribution in [3.8, 4) is 34.0 Å². The highest BCUT2D eigenvalue weighted by Gasteiger charge is 2.21. The summed E-state index contributed by atoms with van der Waals surface area (Å²) < 4.78 is 16.1. The van der Waals surface area contributed by atoms with Gasteiger partial charge in [-0.05, 0) is 115 Å². The molecule has 0 aliphatic heterocycles. The molecule has 67 heavy (non-hydrogen) atoms. The van der Waals surface area contributed by atoms with Crippen molar-refractivity contribution in [2.45, 2.75) is 85.6 Å². The van der Waals surface area contributed by atoms with Crippen LogP contribution in [0.2, 0.25) is 0 Å². The molecular weight excluding hydrogens is 833 g/mol. The zero-order valence-electron chi connectivity index (χ0n) is 39.3. The second-order valence-electron chi connectivity index (χ2n) is 18.5. The number of anilines is 2. The summed E-state index contributed by atoms with van der Waals surface area (Å²) in [6, 6.07) is 44.1. The third kappa shape index (κ3) is 9.20. The molecule has 0 amide bonds. The van der Waals surface area contributed by atoms with Crippen molar-refractivity contribution in [1.82, 2.24) is 39.5 Å². The first-order valence-corrected chi connectivity index (χ1v) is 22.7. The number of nitrogens with zero attached hydrogens (tertiary/aromatic N) is 8. The highest BCUT2D eigenvalue weighted by atomic mass is 16.5. The number of hydrogen-bond donors (Lipinski definition) is 2. The fourth-order valence-corrected chi connectivity index (χ4v) is 8.28. The maximum Gasteiger partial charge on any atom is 0.164 e. The molecule has 4 N–H and O–H groups in total. The van der Waals surface area contributed by atoms with E-state index in [1.165, 1.54) is 18.2 Å². The summed E-state index contributed by atoms with van der Waals surface area (Å²) in [5.41, 5.74) is 21.3. The van der Waals surface area contributed by atoms with Gasteiger partial charge in [0.2, 0.25) is 0 Å². The molecule has 0 fully saturated rings. The van der Waals surface area contributed by atoms with E-state index in [1.807, 2.05) is 39.7 Å². The number of benzene rings is 6. The van der Waals surface area contributed by atoms with Gasteiger partial charge in [0.15, 0.2) is 11.3 Å². The van der Waals surface area contributed by atoms with Crippen LogP contribution in [0, 0.1) is 0 Å². The van der Waals surface area contributed by atoms with Crippen molar-refractivity contribution < 1.29 is 9.47 Å². The van der Waals surface area contributed by atoms with E-state index in [0.29, 0.717) is 18.2 Å². The number of nitrogens with two attached hydrogens (primary N) is 2. The second kappa shape index (κ2) is 18.2. The van der Waals surface area contributed by atoms with Crippen molar-refractivity contribution in [3.63, 3.8) is 0 Å². The summed E-state index contributed by atoms with van der Waals surface area (Å²) in [5, 5.41) is 15.7. The van der Waals surface area contributed by atoms with Crippen molar-refractivity contribution in [2.75, 3.05) is 11.5 Å². The molecule has 1 unspecified atom stereocenters. The normalized spacial score (nSPS) is 12.3. The number of hydrogen-bond acceptors (Lipinski definition) is 10. The average Bonchev–Trinajstić information content (AvgIpc) is 3.93. The predicted molar refractivity (Wildman–Crippen MR) is 271 cm³/mol. The van der Waals surface area contributed by atoms with E-state index in [-0.39, 0.29) is 23.6 Å². The number of aromatic nitrogens is 8. The lowest BCUT2D eigenvalue weighted by Gasteiger charge is -2.19. The van der Waals surface area contributed by atoms with Crippen molar-refractivity contribution >= 4 is 55.2 Å². The van der Waals surface area contributed by atoms with Crippen LogP contribution < -0.4 is 20.9 Å². The minimum absolute atomic E-state index is 0.0257. The molecule has 338 valence electrons. The van der Waals surface area contributed by atoms with Gasteiger partial charge in [-0.25, -0.2) is 29.3 Å². The van der Waals surface area contributed by atoms with Crippen LogP contribution in [-0.4, -0.2) is 39.5 Å². The van der Waals surface area contributed by atoms with Crippen LogP contribution in [0.4, 0.5) is 11.6 Å². The molecule has 1 atom stereocenters. The lowest BCUT2D eigenvalue weighted by Crippen LogP contribution is -2.10. The fourth-order valence-electron chi connectivity index (χ4n) is 8.28. The van der Waals surface area contributed by atoms with Gasteiger partial charge in [0.05, 0.1) is 10.8 Å². The van der Waals surface area contributed by atoms with E-state index in [1.54, 1.807) is 0 Å². The van der Waals surface area contributed by atoms with E-state index in [9.17, 15) is 0 Å². The first-order valence-electron chi connectivity index (χ1n) is 22.7. The first-order chi connectivity index (χ1) is 32.2. The van der Waals surface area contributed by atoms with Crippen molar-refractivity contribution in [1.29, 1.82) is 0 Å². The summed E-state index contributed by atoms with van der Waals surface area (Å²) >= 11 is 0. The van der Waals surface area contributed by atoms with E-state index in [0.717, 1.165) is 88.8 Å². The summed E-state index contributed by atoms with van der Waals surface area (Å²) in [5.74, 6) is 2.57. The fraction of sp³-hybridized carbons (Fsp3) is 0.236. The molecule has 10 rings (SSSR count). The van der Waals surface area contributed by atoms with Crippen LogP contribution in [0.5, 0.6) is 11.5 Å². The molecule has 6 aromatic carbocycles. The Morgan fingerprint density at radius 3 is 1.52 bits per heavy atom. The van der Waals surface area contributed by atoms with E-state index >= 15 is 0 Å². The minimum Gasteiger partial charge on any atom is -0.489 e. The van der Waals surface area contributed by atoms with E-state index in [2.05, 4.69) is 172 Å². The highest BCUT2D eigenvalue weighted by molar-refractivity contribution is 6.01. The Hall–Kier alpha value is -7.86. The Morgan fingerprint density at radius 2 is 1.01 bits per heavy atom. The molecule has 10 aromatic rings. The van der Waals surface area contributed by atoms with Crippen LogP contribution in [0.1, 0.15) is 90.3 Å². The van der Waals surface area contributed by atoms with Crippen LogP contribution in [-0.2, 0) is 12.0 Å². The Balaban J connectivity index is 0.000000169. The average molecular weight is 889 g/mol. The molecule has 12 heteroatoms. The number of nitrogen functional groups attached to an aromatic ring is 2. The van der Waals surface area contributed by atoms with Crippen LogP contribution in [0.3, 0.4) is 0 Å². The maximum atomic E-state index is 6.23. The number of fused-ring (bicyclic) bond motifs is 4. The Bertz CT molecular complexity index is 3370. The molecule has 0 saturated carbocycles. The molecule has 0 aliphatic rings. The summed E-state index contributed by atoms with van der Waals surface area (Å²) in [7, 11) is 0. The first kappa shape index (κ1) is 44.3. The maximum absolute atomic E-state index is 6.23. The zero-order chi connectivity index (χ0) is 47.0. The standard InChI is InChI=1S/C29H31N5O.C26H25N5O/c1-18(2)34-28-25(27(30)31-17-32-28)26(33-34)22-9-8-21-15-24(13-10-20(21)14-22)35-16-19-6-11-23(12-7-19)29(3,4)5;1-16(2)31-26-23(25(27)28-15-29-26)24(30-31)21-10-9-20-14-22(12-11-19(20)13-21)32-17(3)18-7-5-4-6-8-18/h6-15,17-18H,16H2,1-5H3,(H2,30,31,32);4-17H,1-3H3,(H2,27,28,29). The smallest absolute Gasteiger partial charge is 0.164 e. The second-order valence-corrected chi connectivity index (χ2v) is 18.5. The monoisotopic (exact) mass is 888 g/mol. The van der Waals surface area contributed by atoms with Gasteiger partial charge in [0, 0.05) is 23.2 Å². The molecule has 0 aliphatic carbocycles. The molecule has 0 saturated heterocycles. The van der Waals surface area contributed by atoms with Gasteiger partial charge in [0.25, 0.3) is 0 Å². The van der Waals surface area contributed by atoms with Gasteiger partial charge in [-0.1, -0.05) is 112 Å². The Morgan fingerprint density at radius 1 is 0.537 bits per heavy atom. The molecule has 0 spiro atoms. The molecule has 0 bridgehead atoms. The van der Waals surface area contributed by atoms with Gasteiger partial charge >= 0.3 is 0 Å². The van der Waals surface area contributed by atoms with Gasteiger partial charge in [-0.15, -0.1) is 0 Å². The van der Waals surface area contributed by atoms with Crippen LogP contribution in [0.15, 0.2) is 140 Å². The third-order valence-electron chi connectivity index (χ3n) is 12.0. The lowest BCUT2D eigenvalue weighted by molar-refractivity contribution is 0.227. The highest BCUT2D eigenvalue weighted by Crippen LogP contribution is 2.36. The molecule has 4 aromatic heterocycles. The lowest BCUT2D eigenvalue weighted by atomic mass is 9.87. The van der Waals surface area contributed by atoms with Crippen LogP contribution in [0.25, 0.3) is 66.1 Å². The Labute approximate surface area is 390 Å². The van der Waals surface area contributed by atoms with Crippen molar-refractivity contribution in [3.05, 3.63) is 157 Å². The topological polar surface area (TPSA) is 158 Å². The minimum atomic E-state index is -0.0257. The van der Waals surface area contributed by atoms with Gasteiger partial charge in [-0.2, -0.15) is 10.2 Å². The SMILES string of the molecule is CC(C)n1nc(-c2ccc3cc(OCc4ccc(C(C)(C)C)cc4)ccc3c2)c2c(N)ncnc21.CC(Oc1ccc2cc(-c3nn(C(C)C)c4ncnc(N)c34)ccc2c1)c1ccccc1. The molecule has 4 heterocycles. The Kier molecular flexibility index (Phi) is 12.0.